The summed E-state index contributed by atoms with van der Waals surface area (Å²) in [5.41, 5.74) is 9.96. The lowest BCUT2D eigenvalue weighted by atomic mass is 9.98. The molecular formula is C19H37NSi. The van der Waals surface area contributed by atoms with E-state index >= 15 is 0 Å². The van der Waals surface area contributed by atoms with E-state index in [1.165, 1.54) is 57.8 Å². The molecule has 0 aromatic rings. The summed E-state index contributed by atoms with van der Waals surface area (Å²) in [5, 5.41) is 0. The average Bonchev–Trinajstić information content (AvgIpc) is 2.59. The fourth-order valence-corrected chi connectivity index (χ4v) is 13.9. The molecule has 0 atom stereocenters. The molecule has 0 bridgehead atoms. The van der Waals surface area contributed by atoms with Crippen molar-refractivity contribution >= 4 is 8.07 Å². The molecule has 2 N–H and O–H groups in total. The van der Waals surface area contributed by atoms with Crippen LogP contribution in [0.1, 0.15) is 96.3 Å². The van der Waals surface area contributed by atoms with Crippen LogP contribution < -0.4 is 5.73 Å². The predicted octanol–water partition coefficient (Wildman–Crippen LogP) is 5.94. The summed E-state index contributed by atoms with van der Waals surface area (Å²) in [5.74, 6) is 0. The summed E-state index contributed by atoms with van der Waals surface area (Å²) in [6.45, 7) is 0. The van der Waals surface area contributed by atoms with E-state index in [1.54, 1.807) is 38.5 Å². The maximum atomic E-state index is 6.66. The van der Waals surface area contributed by atoms with E-state index in [9.17, 15) is 0 Å². The van der Waals surface area contributed by atoms with Gasteiger partial charge in [-0.1, -0.05) is 96.3 Å². The van der Waals surface area contributed by atoms with E-state index in [1.807, 2.05) is 0 Å². The Morgan fingerprint density at radius 3 is 1.05 bits per heavy atom. The number of hydrogen-bond donors (Lipinski definition) is 1. The third-order valence-corrected chi connectivity index (χ3v) is 14.4. The molecule has 0 amide bonds. The summed E-state index contributed by atoms with van der Waals surface area (Å²) in [7, 11) is -1.29. The average molecular weight is 308 g/mol. The van der Waals surface area contributed by atoms with E-state index in [0.717, 1.165) is 22.8 Å². The molecule has 1 nitrogen and oxygen atoms in total. The largest absolute Gasteiger partial charge is 0.333 e. The third-order valence-electron chi connectivity index (χ3n) is 7.45. The van der Waals surface area contributed by atoms with Crippen LogP contribution in [0.4, 0.5) is 0 Å². The first-order chi connectivity index (χ1) is 10.4. The highest BCUT2D eigenvalue weighted by molar-refractivity contribution is 6.84. The van der Waals surface area contributed by atoms with Gasteiger partial charge in [0.15, 0.2) is 0 Å². The highest BCUT2D eigenvalue weighted by Gasteiger charge is 2.51. The zero-order valence-electron chi connectivity index (χ0n) is 14.1. The highest BCUT2D eigenvalue weighted by atomic mass is 28.3. The molecule has 122 valence electrons. The minimum Gasteiger partial charge on any atom is -0.333 e. The molecule has 0 saturated heterocycles. The molecule has 3 aliphatic carbocycles. The Balaban J connectivity index is 1.85. The van der Waals surface area contributed by atoms with Crippen molar-refractivity contribution in [2.45, 2.75) is 113 Å². The second-order valence-electron chi connectivity index (χ2n) is 8.32. The number of nitrogens with two attached hydrogens (primary N) is 1. The molecule has 0 aliphatic heterocycles. The Kier molecular flexibility index (Phi) is 5.83. The van der Waals surface area contributed by atoms with Gasteiger partial charge in [-0.2, -0.15) is 0 Å². The Labute approximate surface area is 133 Å². The fraction of sp³-hybridized carbons (Fsp3) is 1.00. The van der Waals surface area contributed by atoms with Crippen LogP contribution in [0.15, 0.2) is 0 Å². The fourth-order valence-electron chi connectivity index (χ4n) is 6.42. The smallest absolute Gasteiger partial charge is 0.0775 e. The van der Waals surface area contributed by atoms with Crippen molar-refractivity contribution < 1.29 is 0 Å². The SMILES string of the molecule is NC[Si](C1CCCCC1)(C1CCCCC1)C1CCCCC1. The minimum absolute atomic E-state index is 1.10. The zero-order chi connectivity index (χ0) is 14.5. The Morgan fingerprint density at radius 1 is 0.524 bits per heavy atom. The van der Waals surface area contributed by atoms with Crippen LogP contribution in [-0.4, -0.2) is 14.2 Å². The molecule has 3 aliphatic rings. The van der Waals surface area contributed by atoms with Crippen molar-refractivity contribution in [3.63, 3.8) is 0 Å². The molecular weight excluding hydrogens is 270 g/mol. The van der Waals surface area contributed by atoms with E-state index in [0.29, 0.717) is 0 Å². The number of hydrogen-bond acceptors (Lipinski definition) is 1. The summed E-state index contributed by atoms with van der Waals surface area (Å²) in [6.07, 6.45) is 24.0. The second-order valence-corrected chi connectivity index (χ2v) is 13.4. The van der Waals surface area contributed by atoms with Crippen LogP contribution in [0.25, 0.3) is 0 Å². The molecule has 0 radical (unpaired) electrons. The molecule has 21 heavy (non-hydrogen) atoms. The van der Waals surface area contributed by atoms with Crippen molar-refractivity contribution in [3.05, 3.63) is 0 Å². The van der Waals surface area contributed by atoms with Crippen molar-refractivity contribution in [2.75, 3.05) is 6.17 Å². The van der Waals surface area contributed by atoms with E-state index in [4.69, 9.17) is 5.73 Å². The standard InChI is InChI=1S/C19H37NSi/c20-16-21(17-10-4-1-5-11-17,18-12-6-2-7-13-18)19-14-8-3-9-15-19/h17-19H,1-16,20H2. The Hall–Kier alpha value is 0.177. The van der Waals surface area contributed by atoms with Crippen LogP contribution in [0.3, 0.4) is 0 Å². The molecule has 0 aromatic heterocycles. The monoisotopic (exact) mass is 307 g/mol. The van der Waals surface area contributed by atoms with Crippen molar-refractivity contribution in [2.24, 2.45) is 5.73 Å². The van der Waals surface area contributed by atoms with Gasteiger partial charge in [0.05, 0.1) is 8.07 Å². The van der Waals surface area contributed by atoms with Gasteiger partial charge in [-0.3, -0.25) is 0 Å². The molecule has 0 spiro atoms. The van der Waals surface area contributed by atoms with Gasteiger partial charge >= 0.3 is 0 Å². The minimum atomic E-state index is -1.29. The summed E-state index contributed by atoms with van der Waals surface area (Å²) < 4.78 is 0. The second kappa shape index (κ2) is 7.63. The zero-order valence-corrected chi connectivity index (χ0v) is 15.1. The van der Waals surface area contributed by atoms with Gasteiger partial charge in [0, 0.05) is 0 Å². The first kappa shape index (κ1) is 16.0. The molecule has 2 heteroatoms. The van der Waals surface area contributed by atoms with Gasteiger partial charge in [0.2, 0.25) is 0 Å². The molecule has 0 aromatic carbocycles. The van der Waals surface area contributed by atoms with Gasteiger partial charge in [0.1, 0.15) is 0 Å². The van der Waals surface area contributed by atoms with Gasteiger partial charge in [-0.25, -0.2) is 0 Å². The molecule has 0 heterocycles. The van der Waals surface area contributed by atoms with Crippen LogP contribution in [0.5, 0.6) is 0 Å². The Bertz CT molecular complexity index is 253. The third kappa shape index (κ3) is 3.27. The van der Waals surface area contributed by atoms with Gasteiger partial charge in [0.25, 0.3) is 0 Å². The lowest BCUT2D eigenvalue weighted by molar-refractivity contribution is 0.413. The lowest BCUT2D eigenvalue weighted by Crippen LogP contribution is -2.56. The molecule has 3 rings (SSSR count). The summed E-state index contributed by atoms with van der Waals surface area (Å²) in [4.78, 5) is 0. The van der Waals surface area contributed by atoms with Crippen molar-refractivity contribution in [1.82, 2.24) is 0 Å². The highest BCUT2D eigenvalue weighted by Crippen LogP contribution is 2.56. The predicted molar refractivity (Wildman–Crippen MR) is 95.3 cm³/mol. The van der Waals surface area contributed by atoms with Gasteiger partial charge in [-0.05, 0) is 22.8 Å². The molecule has 0 unspecified atom stereocenters. The van der Waals surface area contributed by atoms with Crippen LogP contribution in [-0.2, 0) is 0 Å². The summed E-state index contributed by atoms with van der Waals surface area (Å²) in [6, 6.07) is 0. The normalized spacial score (nSPS) is 27.9. The summed E-state index contributed by atoms with van der Waals surface area (Å²) >= 11 is 0. The Morgan fingerprint density at radius 2 is 0.810 bits per heavy atom. The maximum absolute atomic E-state index is 6.66. The first-order valence-corrected chi connectivity index (χ1v) is 12.5. The maximum Gasteiger partial charge on any atom is 0.0775 e. The van der Waals surface area contributed by atoms with Crippen LogP contribution >= 0.6 is 0 Å². The quantitative estimate of drug-likeness (QED) is 0.639. The van der Waals surface area contributed by atoms with E-state index < -0.39 is 8.07 Å². The van der Waals surface area contributed by atoms with Crippen molar-refractivity contribution in [1.29, 1.82) is 0 Å². The van der Waals surface area contributed by atoms with E-state index in [2.05, 4.69) is 0 Å². The van der Waals surface area contributed by atoms with Crippen LogP contribution in [0.2, 0.25) is 16.6 Å². The molecule has 3 saturated carbocycles. The van der Waals surface area contributed by atoms with Crippen molar-refractivity contribution in [3.8, 4) is 0 Å². The lowest BCUT2D eigenvalue weighted by Gasteiger charge is -2.53. The van der Waals surface area contributed by atoms with E-state index in [-0.39, 0.29) is 0 Å². The molecule has 3 fully saturated rings. The van der Waals surface area contributed by atoms with Gasteiger partial charge in [-0.15, -0.1) is 0 Å². The van der Waals surface area contributed by atoms with Crippen LogP contribution in [0, 0.1) is 0 Å². The topological polar surface area (TPSA) is 26.0 Å². The number of rotatable bonds is 4. The first-order valence-electron chi connectivity index (χ1n) is 10.1. The van der Waals surface area contributed by atoms with Gasteiger partial charge < -0.3 is 5.73 Å².